The molecule has 2 aliphatic rings. The molecule has 1 unspecified atom stereocenters. The number of nitrogens with zero attached hydrogens (tertiary/aromatic N) is 5. The van der Waals surface area contributed by atoms with Gasteiger partial charge >= 0.3 is 6.18 Å². The molecule has 196 valence electrons. The SMILES string of the molecule is C=CC(=O)N1CCC(c2nc(-c3ccc(C(=O)NC4=NCCC(C(F)(F)F)=C4)cc3)n3c(N)nccc23)C1. The second-order valence-corrected chi connectivity index (χ2v) is 9.03. The fourth-order valence-corrected chi connectivity index (χ4v) is 4.73. The van der Waals surface area contributed by atoms with Gasteiger partial charge in [0.25, 0.3) is 5.91 Å². The van der Waals surface area contributed by atoms with Gasteiger partial charge in [0.1, 0.15) is 11.7 Å². The van der Waals surface area contributed by atoms with Gasteiger partial charge in [0.15, 0.2) is 0 Å². The molecule has 0 saturated carbocycles. The van der Waals surface area contributed by atoms with Crippen LogP contribution in [-0.2, 0) is 4.79 Å². The molecule has 9 nitrogen and oxygen atoms in total. The van der Waals surface area contributed by atoms with Crippen molar-refractivity contribution >= 4 is 29.1 Å². The van der Waals surface area contributed by atoms with Crippen LogP contribution in [0, 0.1) is 0 Å². The highest BCUT2D eigenvalue weighted by molar-refractivity contribution is 6.10. The van der Waals surface area contributed by atoms with Gasteiger partial charge in [-0.25, -0.2) is 9.97 Å². The van der Waals surface area contributed by atoms with E-state index in [9.17, 15) is 22.8 Å². The minimum Gasteiger partial charge on any atom is -0.369 e. The molecule has 1 saturated heterocycles. The largest absolute Gasteiger partial charge is 0.412 e. The summed E-state index contributed by atoms with van der Waals surface area (Å²) in [6, 6.07) is 8.28. The van der Waals surface area contributed by atoms with E-state index in [0.29, 0.717) is 24.5 Å². The second kappa shape index (κ2) is 9.77. The number of benzene rings is 1. The van der Waals surface area contributed by atoms with E-state index in [-0.39, 0.29) is 42.1 Å². The highest BCUT2D eigenvalue weighted by atomic mass is 19.4. The van der Waals surface area contributed by atoms with Crippen molar-refractivity contribution in [2.75, 3.05) is 25.4 Å². The van der Waals surface area contributed by atoms with Crippen LogP contribution in [0.3, 0.4) is 0 Å². The molecule has 38 heavy (non-hydrogen) atoms. The van der Waals surface area contributed by atoms with Crippen molar-refractivity contribution in [1.29, 1.82) is 0 Å². The maximum Gasteiger partial charge on any atom is 0.412 e. The van der Waals surface area contributed by atoms with Crippen molar-refractivity contribution in [3.63, 3.8) is 0 Å². The number of anilines is 1. The van der Waals surface area contributed by atoms with E-state index >= 15 is 0 Å². The lowest BCUT2D eigenvalue weighted by atomic mass is 10.0. The number of nitrogens with one attached hydrogen (secondary N) is 1. The van der Waals surface area contributed by atoms with Crippen molar-refractivity contribution in [2.24, 2.45) is 4.99 Å². The first kappa shape index (κ1) is 25.2. The Kier molecular flexibility index (Phi) is 6.47. The Balaban J connectivity index is 1.41. The van der Waals surface area contributed by atoms with Gasteiger partial charge in [0, 0.05) is 48.4 Å². The second-order valence-electron chi connectivity index (χ2n) is 9.03. The normalized spacial score (nSPS) is 17.8. The highest BCUT2D eigenvalue weighted by Gasteiger charge is 2.34. The summed E-state index contributed by atoms with van der Waals surface area (Å²) < 4.78 is 40.8. The van der Waals surface area contributed by atoms with Gasteiger partial charge in [-0.3, -0.25) is 19.0 Å². The number of aliphatic imine (C=N–C) groups is 1. The van der Waals surface area contributed by atoms with Crippen molar-refractivity contribution in [1.82, 2.24) is 24.6 Å². The van der Waals surface area contributed by atoms with Crippen molar-refractivity contribution in [3.8, 4) is 11.4 Å². The number of dihydropyridines is 1. The van der Waals surface area contributed by atoms with E-state index in [1.807, 2.05) is 6.07 Å². The van der Waals surface area contributed by atoms with Crippen LogP contribution in [0.2, 0.25) is 0 Å². The number of fused-ring (bicyclic) bond motifs is 1. The van der Waals surface area contributed by atoms with Crippen molar-refractivity contribution < 1.29 is 22.8 Å². The molecule has 3 aromatic rings. The van der Waals surface area contributed by atoms with Crippen molar-refractivity contribution in [3.05, 3.63) is 72.1 Å². The topological polar surface area (TPSA) is 118 Å². The number of alkyl halides is 3. The number of imidazole rings is 1. The molecule has 2 aromatic heterocycles. The van der Waals surface area contributed by atoms with Crippen LogP contribution >= 0.6 is 0 Å². The van der Waals surface area contributed by atoms with Crippen LogP contribution in [0.5, 0.6) is 0 Å². The summed E-state index contributed by atoms with van der Waals surface area (Å²) >= 11 is 0. The maximum atomic E-state index is 13.0. The molecule has 2 amide bonds. The standard InChI is InChI=1S/C26H24F3N7O2/c1-2-21(37)35-12-9-17(14-35)22-19-8-11-32-25(30)36(19)23(34-22)15-3-5-16(6-4-15)24(38)33-20-13-18(7-10-31-20)26(27,28)29/h2-6,8,11,13,17H,1,7,9-10,12,14H2,(H2,30,32)(H,31,33,38). The number of likely N-dealkylation sites (tertiary alicyclic amines) is 1. The number of rotatable bonds is 4. The summed E-state index contributed by atoms with van der Waals surface area (Å²) in [7, 11) is 0. The van der Waals surface area contributed by atoms with Crippen LogP contribution in [-0.4, -0.2) is 62.7 Å². The summed E-state index contributed by atoms with van der Waals surface area (Å²) in [5, 5.41) is 2.44. The van der Waals surface area contributed by atoms with Gasteiger partial charge in [-0.2, -0.15) is 13.2 Å². The lowest BCUT2D eigenvalue weighted by Gasteiger charge is -2.16. The first-order valence-electron chi connectivity index (χ1n) is 11.9. The molecule has 1 fully saturated rings. The molecule has 1 aromatic carbocycles. The molecule has 5 rings (SSSR count). The fourth-order valence-electron chi connectivity index (χ4n) is 4.73. The van der Waals surface area contributed by atoms with E-state index < -0.39 is 17.7 Å². The Hall–Kier alpha value is -4.48. The highest BCUT2D eigenvalue weighted by Crippen LogP contribution is 2.34. The monoisotopic (exact) mass is 523 g/mol. The van der Waals surface area contributed by atoms with Crippen LogP contribution in [0.1, 0.15) is 34.8 Å². The Labute approximate surface area is 215 Å². The molecule has 1 atom stereocenters. The number of nitrogen functional groups attached to an aromatic ring is 1. The van der Waals surface area contributed by atoms with Gasteiger partial charge in [0.2, 0.25) is 11.9 Å². The summed E-state index contributed by atoms with van der Waals surface area (Å²) in [6.07, 6.45) is -0.197. The number of hydrogen-bond donors (Lipinski definition) is 2. The minimum atomic E-state index is -4.46. The van der Waals surface area contributed by atoms with Crippen LogP contribution in [0.15, 0.2) is 65.8 Å². The number of aromatic nitrogens is 3. The summed E-state index contributed by atoms with van der Waals surface area (Å²) in [5.74, 6) is -0.0761. The minimum absolute atomic E-state index is 0.000383. The summed E-state index contributed by atoms with van der Waals surface area (Å²) in [6.45, 7) is 4.61. The molecule has 0 spiro atoms. The predicted octanol–water partition coefficient (Wildman–Crippen LogP) is 3.50. The molecule has 4 heterocycles. The molecule has 3 N–H and O–H groups in total. The van der Waals surface area contributed by atoms with Gasteiger partial charge in [-0.1, -0.05) is 18.7 Å². The van der Waals surface area contributed by atoms with E-state index in [0.717, 1.165) is 23.7 Å². The molecule has 0 radical (unpaired) electrons. The number of amidine groups is 1. The number of halogens is 3. The summed E-state index contributed by atoms with van der Waals surface area (Å²) in [5.41, 5.74) is 7.93. The zero-order valence-electron chi connectivity index (χ0n) is 20.2. The van der Waals surface area contributed by atoms with Crippen LogP contribution in [0.25, 0.3) is 16.9 Å². The molecular weight excluding hydrogens is 499 g/mol. The van der Waals surface area contributed by atoms with Crippen LogP contribution < -0.4 is 11.1 Å². The Morgan fingerprint density at radius 3 is 2.66 bits per heavy atom. The van der Waals surface area contributed by atoms with Gasteiger partial charge in [-0.05, 0) is 43.2 Å². The van der Waals surface area contributed by atoms with E-state index in [4.69, 9.17) is 10.7 Å². The van der Waals surface area contributed by atoms with E-state index in [2.05, 4.69) is 21.9 Å². The average Bonchev–Trinajstić information content (AvgIpc) is 3.54. The van der Waals surface area contributed by atoms with E-state index in [1.165, 1.54) is 6.08 Å². The fraction of sp³-hybridized carbons (Fsp3) is 0.269. The Bertz CT molecular complexity index is 1490. The molecule has 12 heteroatoms. The first-order chi connectivity index (χ1) is 18.2. The predicted molar refractivity (Wildman–Crippen MR) is 135 cm³/mol. The molecule has 2 aliphatic heterocycles. The number of amides is 2. The quantitative estimate of drug-likeness (QED) is 0.508. The zero-order chi connectivity index (χ0) is 27.0. The third kappa shape index (κ3) is 4.76. The average molecular weight is 524 g/mol. The van der Waals surface area contributed by atoms with Crippen molar-refractivity contribution in [2.45, 2.75) is 24.9 Å². The lowest BCUT2D eigenvalue weighted by Crippen LogP contribution is -2.32. The van der Waals surface area contributed by atoms with Crippen LogP contribution in [0.4, 0.5) is 19.1 Å². The zero-order valence-corrected chi connectivity index (χ0v) is 20.2. The Morgan fingerprint density at radius 1 is 1.18 bits per heavy atom. The number of nitrogens with two attached hydrogens (primary N) is 1. The number of hydrogen-bond acceptors (Lipinski definition) is 6. The smallest absolute Gasteiger partial charge is 0.369 e. The molecule has 0 aliphatic carbocycles. The summed E-state index contributed by atoms with van der Waals surface area (Å²) in [4.78, 5) is 39.5. The lowest BCUT2D eigenvalue weighted by molar-refractivity contribution is -0.125. The first-order valence-corrected chi connectivity index (χ1v) is 11.9. The van der Waals surface area contributed by atoms with E-state index in [1.54, 1.807) is 39.8 Å². The van der Waals surface area contributed by atoms with Gasteiger partial charge in [0.05, 0.1) is 11.2 Å². The van der Waals surface area contributed by atoms with Gasteiger partial charge < -0.3 is 16.0 Å². The molecule has 0 bridgehead atoms. The maximum absolute atomic E-state index is 13.0. The Morgan fingerprint density at radius 2 is 1.95 bits per heavy atom. The number of carbonyl (C=O) groups is 2. The third-order valence-electron chi connectivity index (χ3n) is 6.66. The number of carbonyl (C=O) groups excluding carboxylic acids is 2. The molecular formula is C26H24F3N7O2. The third-order valence-corrected chi connectivity index (χ3v) is 6.66. The van der Waals surface area contributed by atoms with Gasteiger partial charge in [-0.15, -0.1) is 0 Å².